The van der Waals surface area contributed by atoms with Crippen LogP contribution in [0.25, 0.3) is 10.2 Å². The molecule has 2 aromatic heterocycles. The number of carbonyl (C=O) groups excluding carboxylic acids is 1. The Morgan fingerprint density at radius 2 is 2.04 bits per heavy atom. The van der Waals surface area contributed by atoms with Crippen molar-refractivity contribution in [2.24, 2.45) is 0 Å². The second-order valence-electron chi connectivity index (χ2n) is 6.10. The molecule has 3 aromatic rings. The van der Waals surface area contributed by atoms with Crippen LogP contribution in [-0.2, 0) is 6.54 Å². The molecule has 5 heteroatoms. The number of benzene rings is 1. The van der Waals surface area contributed by atoms with Crippen LogP contribution in [0, 0.1) is 12.7 Å². The number of hydrogen-bond donors (Lipinski definition) is 1. The molecular formula is C18H17FN2OS. The number of carbonyl (C=O) groups is 1. The van der Waals surface area contributed by atoms with Crippen molar-refractivity contribution in [3.05, 3.63) is 58.3 Å². The fraction of sp³-hybridized carbons (Fsp3) is 0.278. The van der Waals surface area contributed by atoms with E-state index in [0.717, 1.165) is 28.6 Å². The fourth-order valence-electron chi connectivity index (χ4n) is 2.78. The largest absolute Gasteiger partial charge is 0.348 e. The first-order valence-corrected chi connectivity index (χ1v) is 8.57. The molecule has 118 valence electrons. The molecule has 23 heavy (non-hydrogen) atoms. The predicted molar refractivity (Wildman–Crippen MR) is 90.5 cm³/mol. The average molecular weight is 328 g/mol. The molecule has 1 amide bonds. The normalized spacial score (nSPS) is 14.3. The standard InChI is InChI=1S/C18H17FN2OS/c1-11-8-15-17(23-11)9-16(18(22)20-14-6-7-14)21(15)10-12-2-4-13(19)5-3-12/h2-5,8-9,14H,6-7,10H2,1H3,(H,20,22). The van der Waals surface area contributed by atoms with E-state index < -0.39 is 0 Å². The van der Waals surface area contributed by atoms with Crippen LogP contribution in [0.15, 0.2) is 36.4 Å². The van der Waals surface area contributed by atoms with Crippen molar-refractivity contribution in [3.63, 3.8) is 0 Å². The molecule has 0 bridgehead atoms. The topological polar surface area (TPSA) is 34.0 Å². The maximum Gasteiger partial charge on any atom is 0.268 e. The van der Waals surface area contributed by atoms with E-state index >= 15 is 0 Å². The number of halogens is 1. The van der Waals surface area contributed by atoms with Gasteiger partial charge < -0.3 is 9.88 Å². The highest BCUT2D eigenvalue weighted by Gasteiger charge is 2.26. The van der Waals surface area contributed by atoms with Gasteiger partial charge in [-0.15, -0.1) is 11.3 Å². The molecule has 0 atom stereocenters. The highest BCUT2D eigenvalue weighted by molar-refractivity contribution is 7.19. The first-order chi connectivity index (χ1) is 11.1. The summed E-state index contributed by atoms with van der Waals surface area (Å²) in [5.41, 5.74) is 2.73. The lowest BCUT2D eigenvalue weighted by Crippen LogP contribution is -2.27. The number of aryl methyl sites for hydroxylation is 1. The molecule has 1 saturated carbocycles. The van der Waals surface area contributed by atoms with Crippen LogP contribution in [0.1, 0.15) is 33.8 Å². The summed E-state index contributed by atoms with van der Waals surface area (Å²) < 4.78 is 16.3. The second-order valence-corrected chi connectivity index (χ2v) is 7.38. The fourth-order valence-corrected chi connectivity index (χ4v) is 3.74. The number of nitrogens with zero attached hydrogens (tertiary/aromatic N) is 1. The van der Waals surface area contributed by atoms with Gasteiger partial charge in [0.25, 0.3) is 5.91 Å². The number of rotatable bonds is 4. The first-order valence-electron chi connectivity index (χ1n) is 7.75. The highest BCUT2D eigenvalue weighted by atomic mass is 32.1. The number of fused-ring (bicyclic) bond motifs is 1. The Bertz CT molecular complexity index is 874. The minimum absolute atomic E-state index is 0.0179. The smallest absolute Gasteiger partial charge is 0.268 e. The van der Waals surface area contributed by atoms with Gasteiger partial charge in [-0.1, -0.05) is 12.1 Å². The van der Waals surface area contributed by atoms with Gasteiger partial charge in [0.2, 0.25) is 0 Å². The molecule has 1 N–H and O–H groups in total. The Labute approximate surface area is 137 Å². The molecule has 3 nitrogen and oxygen atoms in total. The van der Waals surface area contributed by atoms with Crippen molar-refractivity contribution >= 4 is 27.5 Å². The zero-order valence-corrected chi connectivity index (χ0v) is 13.6. The zero-order chi connectivity index (χ0) is 16.0. The Balaban J connectivity index is 1.74. The minimum Gasteiger partial charge on any atom is -0.348 e. The van der Waals surface area contributed by atoms with Crippen LogP contribution in [0.5, 0.6) is 0 Å². The van der Waals surface area contributed by atoms with Crippen LogP contribution in [0.4, 0.5) is 4.39 Å². The van der Waals surface area contributed by atoms with Crippen LogP contribution in [0.3, 0.4) is 0 Å². The number of hydrogen-bond acceptors (Lipinski definition) is 2. The van der Waals surface area contributed by atoms with Crippen LogP contribution < -0.4 is 5.32 Å². The van der Waals surface area contributed by atoms with Gasteiger partial charge in [0, 0.05) is 17.5 Å². The molecule has 0 aliphatic heterocycles. The Morgan fingerprint density at radius 1 is 1.30 bits per heavy atom. The summed E-state index contributed by atoms with van der Waals surface area (Å²) in [5, 5.41) is 3.06. The van der Waals surface area contributed by atoms with E-state index in [1.165, 1.54) is 17.0 Å². The minimum atomic E-state index is -0.246. The third kappa shape index (κ3) is 2.88. The Morgan fingerprint density at radius 3 is 2.74 bits per heavy atom. The van der Waals surface area contributed by atoms with Gasteiger partial charge in [-0.25, -0.2) is 4.39 Å². The van der Waals surface area contributed by atoms with Crippen molar-refractivity contribution in [2.75, 3.05) is 0 Å². The van der Waals surface area contributed by atoms with Crippen molar-refractivity contribution in [1.82, 2.24) is 9.88 Å². The summed E-state index contributed by atoms with van der Waals surface area (Å²) in [4.78, 5) is 13.7. The van der Waals surface area contributed by atoms with Crippen LogP contribution in [-0.4, -0.2) is 16.5 Å². The number of nitrogens with one attached hydrogen (secondary N) is 1. The van der Waals surface area contributed by atoms with Gasteiger partial charge in [0.1, 0.15) is 11.5 Å². The van der Waals surface area contributed by atoms with Crippen molar-refractivity contribution in [2.45, 2.75) is 32.4 Å². The van der Waals surface area contributed by atoms with E-state index in [0.29, 0.717) is 18.3 Å². The summed E-state index contributed by atoms with van der Waals surface area (Å²) in [6, 6.07) is 10.9. The lowest BCUT2D eigenvalue weighted by molar-refractivity contribution is 0.0942. The van der Waals surface area contributed by atoms with Gasteiger partial charge >= 0.3 is 0 Å². The van der Waals surface area contributed by atoms with Gasteiger partial charge in [-0.05, 0) is 49.6 Å². The molecule has 0 radical (unpaired) electrons. The van der Waals surface area contributed by atoms with Crippen LogP contribution in [0.2, 0.25) is 0 Å². The maximum absolute atomic E-state index is 13.1. The summed E-state index contributed by atoms with van der Waals surface area (Å²) in [6.45, 7) is 2.63. The number of aromatic nitrogens is 1. The molecule has 4 rings (SSSR count). The Hall–Kier alpha value is -2.14. The summed E-state index contributed by atoms with van der Waals surface area (Å²) in [6.07, 6.45) is 2.13. The van der Waals surface area contributed by atoms with Crippen molar-refractivity contribution < 1.29 is 9.18 Å². The van der Waals surface area contributed by atoms with Crippen molar-refractivity contribution in [3.8, 4) is 0 Å². The molecule has 0 spiro atoms. The van der Waals surface area contributed by atoms with E-state index in [2.05, 4.69) is 18.3 Å². The summed E-state index contributed by atoms with van der Waals surface area (Å²) in [5.74, 6) is -0.264. The molecule has 0 unspecified atom stereocenters. The number of thiophene rings is 1. The van der Waals surface area contributed by atoms with Gasteiger partial charge in [0.15, 0.2) is 0 Å². The molecule has 1 aliphatic rings. The highest BCUT2D eigenvalue weighted by Crippen LogP contribution is 2.30. The van der Waals surface area contributed by atoms with E-state index in [1.54, 1.807) is 23.5 Å². The maximum atomic E-state index is 13.1. The average Bonchev–Trinajstić information content (AvgIpc) is 3.16. The van der Waals surface area contributed by atoms with E-state index in [4.69, 9.17) is 0 Å². The molecule has 1 aliphatic carbocycles. The lowest BCUT2D eigenvalue weighted by atomic mass is 10.2. The van der Waals surface area contributed by atoms with Gasteiger partial charge in [0.05, 0.1) is 10.2 Å². The summed E-state index contributed by atoms with van der Waals surface area (Å²) >= 11 is 1.69. The van der Waals surface area contributed by atoms with E-state index in [9.17, 15) is 9.18 Å². The third-order valence-corrected chi connectivity index (χ3v) is 5.10. The first kappa shape index (κ1) is 14.5. The molecule has 0 saturated heterocycles. The summed E-state index contributed by atoms with van der Waals surface area (Å²) in [7, 11) is 0. The van der Waals surface area contributed by atoms with E-state index in [-0.39, 0.29) is 11.7 Å². The van der Waals surface area contributed by atoms with Gasteiger partial charge in [-0.2, -0.15) is 0 Å². The Kier molecular flexibility index (Phi) is 3.45. The molecule has 2 heterocycles. The molecule has 1 fully saturated rings. The molecule has 1 aromatic carbocycles. The SMILES string of the molecule is Cc1cc2c(cc(C(=O)NC3CC3)n2Cc2ccc(F)cc2)s1. The van der Waals surface area contributed by atoms with E-state index in [1.807, 2.05) is 10.6 Å². The van der Waals surface area contributed by atoms with Crippen LogP contribution >= 0.6 is 11.3 Å². The predicted octanol–water partition coefficient (Wildman–Crippen LogP) is 4.09. The van der Waals surface area contributed by atoms with Crippen molar-refractivity contribution in [1.29, 1.82) is 0 Å². The zero-order valence-electron chi connectivity index (χ0n) is 12.8. The van der Waals surface area contributed by atoms with Gasteiger partial charge in [-0.3, -0.25) is 4.79 Å². The monoisotopic (exact) mass is 328 g/mol. The third-order valence-electron chi connectivity index (χ3n) is 4.11. The molecular weight excluding hydrogens is 311 g/mol. The number of amides is 1. The quantitative estimate of drug-likeness (QED) is 0.769. The lowest BCUT2D eigenvalue weighted by Gasteiger charge is -2.11. The second kappa shape index (κ2) is 5.49.